The van der Waals surface area contributed by atoms with Crippen molar-refractivity contribution in [2.24, 2.45) is 0 Å². The fourth-order valence-corrected chi connectivity index (χ4v) is 1.57. The maximum atomic E-state index is 12.7. The van der Waals surface area contributed by atoms with Gasteiger partial charge in [-0.3, -0.25) is 4.98 Å². The second-order valence-electron chi connectivity index (χ2n) is 3.92. The Bertz CT molecular complexity index is 548. The molecule has 19 heavy (non-hydrogen) atoms. The molecule has 0 aliphatic rings. The van der Waals surface area contributed by atoms with Gasteiger partial charge >= 0.3 is 6.18 Å². The van der Waals surface area contributed by atoms with E-state index in [4.69, 9.17) is 0 Å². The number of aliphatic hydroxyl groups is 1. The number of pyridine rings is 1. The lowest BCUT2D eigenvalue weighted by atomic mass is 10.0. The Balaban J connectivity index is 2.25. The SMILES string of the molecule is OC(c1ccc(C(F)(F)F)cc1)c1ccc(F)cn1. The minimum absolute atomic E-state index is 0.168. The lowest BCUT2D eigenvalue weighted by Gasteiger charge is -2.12. The number of aliphatic hydroxyl groups excluding tert-OH is 1. The molecular weight excluding hydrogens is 262 g/mol. The van der Waals surface area contributed by atoms with Gasteiger partial charge in [0.2, 0.25) is 0 Å². The van der Waals surface area contributed by atoms with Crippen molar-refractivity contribution in [2.45, 2.75) is 12.3 Å². The molecule has 1 N–H and O–H groups in total. The third kappa shape index (κ3) is 3.08. The Morgan fingerprint density at radius 3 is 2.11 bits per heavy atom. The second kappa shape index (κ2) is 4.97. The van der Waals surface area contributed by atoms with Crippen LogP contribution in [-0.2, 0) is 6.18 Å². The van der Waals surface area contributed by atoms with Crippen LogP contribution in [0.2, 0.25) is 0 Å². The molecule has 2 rings (SSSR count). The Hall–Kier alpha value is -1.95. The molecule has 0 amide bonds. The van der Waals surface area contributed by atoms with E-state index in [1.165, 1.54) is 18.2 Å². The Kier molecular flexibility index (Phi) is 3.53. The average molecular weight is 271 g/mol. The highest BCUT2D eigenvalue weighted by molar-refractivity contribution is 5.30. The van der Waals surface area contributed by atoms with Crippen LogP contribution < -0.4 is 0 Å². The van der Waals surface area contributed by atoms with Crippen LogP contribution in [0, 0.1) is 5.82 Å². The summed E-state index contributed by atoms with van der Waals surface area (Å²) in [4.78, 5) is 3.68. The van der Waals surface area contributed by atoms with Gasteiger partial charge in [0.25, 0.3) is 0 Å². The summed E-state index contributed by atoms with van der Waals surface area (Å²) in [7, 11) is 0. The van der Waals surface area contributed by atoms with Crippen LogP contribution in [0.1, 0.15) is 22.9 Å². The van der Waals surface area contributed by atoms with E-state index >= 15 is 0 Å². The third-order valence-corrected chi connectivity index (χ3v) is 2.58. The van der Waals surface area contributed by atoms with Gasteiger partial charge in [-0.25, -0.2) is 4.39 Å². The number of aromatic nitrogens is 1. The van der Waals surface area contributed by atoms with Crippen LogP contribution in [0.15, 0.2) is 42.6 Å². The summed E-state index contributed by atoms with van der Waals surface area (Å²) in [5, 5.41) is 9.91. The van der Waals surface area contributed by atoms with Gasteiger partial charge in [0, 0.05) is 0 Å². The molecule has 0 radical (unpaired) electrons. The first kappa shape index (κ1) is 13.5. The summed E-state index contributed by atoms with van der Waals surface area (Å²) >= 11 is 0. The van der Waals surface area contributed by atoms with Crippen molar-refractivity contribution in [1.82, 2.24) is 4.98 Å². The first-order chi connectivity index (χ1) is 8.88. The standard InChI is InChI=1S/C13H9F4NO/c14-10-5-6-11(18-7-10)12(19)8-1-3-9(4-2-8)13(15,16)17/h1-7,12,19H. The molecule has 0 saturated carbocycles. The highest BCUT2D eigenvalue weighted by Crippen LogP contribution is 2.30. The molecule has 0 aliphatic carbocycles. The van der Waals surface area contributed by atoms with Crippen LogP contribution in [-0.4, -0.2) is 10.1 Å². The molecule has 0 spiro atoms. The molecular formula is C13H9F4NO. The maximum absolute atomic E-state index is 12.7. The first-order valence-corrected chi connectivity index (χ1v) is 5.34. The molecule has 1 atom stereocenters. The highest BCUT2D eigenvalue weighted by Gasteiger charge is 2.30. The zero-order chi connectivity index (χ0) is 14.0. The smallest absolute Gasteiger partial charge is 0.382 e. The topological polar surface area (TPSA) is 33.1 Å². The zero-order valence-corrected chi connectivity index (χ0v) is 9.53. The van der Waals surface area contributed by atoms with Gasteiger partial charge in [-0.15, -0.1) is 0 Å². The van der Waals surface area contributed by atoms with Crippen molar-refractivity contribution in [3.05, 3.63) is 65.2 Å². The largest absolute Gasteiger partial charge is 0.416 e. The fraction of sp³-hybridized carbons (Fsp3) is 0.154. The van der Waals surface area contributed by atoms with E-state index in [0.29, 0.717) is 0 Å². The van der Waals surface area contributed by atoms with E-state index in [-0.39, 0.29) is 11.3 Å². The molecule has 100 valence electrons. The molecule has 0 bridgehead atoms. The molecule has 1 unspecified atom stereocenters. The van der Waals surface area contributed by atoms with Crippen LogP contribution in [0.4, 0.5) is 17.6 Å². The van der Waals surface area contributed by atoms with Crippen molar-refractivity contribution < 1.29 is 22.7 Å². The minimum atomic E-state index is -4.42. The van der Waals surface area contributed by atoms with Gasteiger partial charge < -0.3 is 5.11 Å². The van der Waals surface area contributed by atoms with Crippen molar-refractivity contribution in [1.29, 1.82) is 0 Å². The van der Waals surface area contributed by atoms with Gasteiger partial charge in [0.05, 0.1) is 17.5 Å². The van der Waals surface area contributed by atoms with Crippen LogP contribution in [0.25, 0.3) is 0 Å². The van der Waals surface area contributed by atoms with Gasteiger partial charge in [-0.2, -0.15) is 13.2 Å². The number of nitrogens with zero attached hydrogens (tertiary/aromatic N) is 1. The normalized spacial score (nSPS) is 13.3. The van der Waals surface area contributed by atoms with E-state index in [9.17, 15) is 22.7 Å². The number of halogens is 4. The Labute approximate surface area is 106 Å². The number of hydrogen-bond acceptors (Lipinski definition) is 2. The average Bonchev–Trinajstić information content (AvgIpc) is 2.38. The summed E-state index contributed by atoms with van der Waals surface area (Å²) in [5.41, 5.74) is -0.371. The Morgan fingerprint density at radius 1 is 1.00 bits per heavy atom. The van der Waals surface area contributed by atoms with Gasteiger partial charge in [0.1, 0.15) is 11.9 Å². The third-order valence-electron chi connectivity index (χ3n) is 2.58. The quantitative estimate of drug-likeness (QED) is 0.850. The monoisotopic (exact) mass is 271 g/mol. The molecule has 1 aromatic carbocycles. The molecule has 1 heterocycles. The lowest BCUT2D eigenvalue weighted by Crippen LogP contribution is -2.06. The first-order valence-electron chi connectivity index (χ1n) is 5.34. The van der Waals surface area contributed by atoms with Crippen LogP contribution >= 0.6 is 0 Å². The molecule has 0 aliphatic heterocycles. The van der Waals surface area contributed by atoms with Crippen molar-refractivity contribution in [3.63, 3.8) is 0 Å². The molecule has 2 aromatic rings. The number of benzene rings is 1. The van der Waals surface area contributed by atoms with E-state index < -0.39 is 23.7 Å². The predicted molar refractivity (Wildman–Crippen MR) is 59.7 cm³/mol. The van der Waals surface area contributed by atoms with E-state index in [0.717, 1.165) is 24.4 Å². The lowest BCUT2D eigenvalue weighted by molar-refractivity contribution is -0.137. The van der Waals surface area contributed by atoms with Crippen LogP contribution in [0.5, 0.6) is 0 Å². The van der Waals surface area contributed by atoms with Crippen molar-refractivity contribution in [3.8, 4) is 0 Å². The van der Waals surface area contributed by atoms with Crippen LogP contribution in [0.3, 0.4) is 0 Å². The summed E-state index contributed by atoms with van der Waals surface area (Å²) in [6, 6.07) is 6.48. The summed E-state index contributed by atoms with van der Waals surface area (Å²) in [6.45, 7) is 0. The summed E-state index contributed by atoms with van der Waals surface area (Å²) in [5.74, 6) is -0.552. The van der Waals surface area contributed by atoms with Gasteiger partial charge in [-0.05, 0) is 29.8 Å². The summed E-state index contributed by atoms with van der Waals surface area (Å²) in [6.07, 6.45) is -4.68. The number of hydrogen-bond donors (Lipinski definition) is 1. The maximum Gasteiger partial charge on any atom is 0.416 e. The molecule has 6 heteroatoms. The second-order valence-corrected chi connectivity index (χ2v) is 3.92. The predicted octanol–water partition coefficient (Wildman–Crippen LogP) is 3.32. The van der Waals surface area contributed by atoms with E-state index in [1.807, 2.05) is 0 Å². The molecule has 1 aromatic heterocycles. The summed E-state index contributed by atoms with van der Waals surface area (Å²) < 4.78 is 49.8. The van der Waals surface area contributed by atoms with Gasteiger partial charge in [0.15, 0.2) is 0 Å². The van der Waals surface area contributed by atoms with E-state index in [1.54, 1.807) is 0 Å². The fourth-order valence-electron chi connectivity index (χ4n) is 1.57. The Morgan fingerprint density at radius 2 is 1.63 bits per heavy atom. The molecule has 0 saturated heterocycles. The zero-order valence-electron chi connectivity index (χ0n) is 9.53. The van der Waals surface area contributed by atoms with Crippen molar-refractivity contribution >= 4 is 0 Å². The van der Waals surface area contributed by atoms with Crippen molar-refractivity contribution in [2.75, 3.05) is 0 Å². The number of rotatable bonds is 2. The minimum Gasteiger partial charge on any atom is -0.382 e. The highest BCUT2D eigenvalue weighted by atomic mass is 19.4. The molecule has 2 nitrogen and oxygen atoms in total. The van der Waals surface area contributed by atoms with Gasteiger partial charge in [-0.1, -0.05) is 12.1 Å². The molecule has 0 fully saturated rings. The number of alkyl halides is 3. The van der Waals surface area contributed by atoms with E-state index in [2.05, 4.69) is 4.98 Å².